The van der Waals surface area contributed by atoms with Gasteiger partial charge in [-0.05, 0) is 43.7 Å². The highest BCUT2D eigenvalue weighted by molar-refractivity contribution is 7.91. The molecular weight excluding hydrogens is 618 g/mol. The fourth-order valence-electron chi connectivity index (χ4n) is 4.48. The first-order chi connectivity index (χ1) is 20.3. The molecule has 10 nitrogen and oxygen atoms in total. The summed E-state index contributed by atoms with van der Waals surface area (Å²) >= 11 is 0. The predicted molar refractivity (Wildman–Crippen MR) is 144 cm³/mol. The van der Waals surface area contributed by atoms with E-state index in [1.54, 1.807) is 0 Å². The third-order valence-corrected chi connectivity index (χ3v) is 9.41. The quantitative estimate of drug-likeness (QED) is 0.299. The van der Waals surface area contributed by atoms with Crippen LogP contribution in [-0.4, -0.2) is 46.6 Å². The lowest BCUT2D eigenvalue weighted by Crippen LogP contribution is -2.43. The Labute approximate surface area is 246 Å². The molecule has 44 heavy (non-hydrogen) atoms. The van der Waals surface area contributed by atoms with Crippen LogP contribution in [0.15, 0.2) is 53.2 Å². The van der Waals surface area contributed by atoms with Crippen LogP contribution in [0.3, 0.4) is 0 Å². The molecule has 17 heteroatoms. The zero-order valence-electron chi connectivity index (χ0n) is 23.2. The van der Waals surface area contributed by atoms with Crippen LogP contribution in [0.5, 0.6) is 0 Å². The Hall–Kier alpha value is -4.25. The van der Waals surface area contributed by atoms with Crippen LogP contribution >= 0.6 is 0 Å². The smallest absolute Gasteiger partial charge is 0.419 e. The van der Waals surface area contributed by atoms with Gasteiger partial charge in [-0.3, -0.25) is 4.79 Å². The minimum Gasteiger partial charge on any atom is -0.419 e. The number of sulfone groups is 1. The monoisotopic (exact) mass is 642 g/mol. The Bertz CT molecular complexity index is 1850. The highest BCUT2D eigenvalue weighted by Crippen LogP contribution is 2.45. The van der Waals surface area contributed by atoms with E-state index in [0.717, 1.165) is 28.1 Å². The molecule has 0 spiro atoms. The molecule has 0 fully saturated rings. The number of aromatic nitrogens is 4. The third-order valence-electron chi connectivity index (χ3n) is 7.38. The number of halogens is 6. The molecule has 1 aliphatic heterocycles. The van der Waals surface area contributed by atoms with Gasteiger partial charge in [-0.2, -0.15) is 18.3 Å². The minimum atomic E-state index is -4.59. The van der Waals surface area contributed by atoms with Crippen molar-refractivity contribution in [3.8, 4) is 17.1 Å². The van der Waals surface area contributed by atoms with Crippen molar-refractivity contribution in [2.75, 3.05) is 11.2 Å². The molecule has 1 atom stereocenters. The van der Waals surface area contributed by atoms with Crippen molar-refractivity contribution in [2.24, 2.45) is 5.73 Å². The van der Waals surface area contributed by atoms with Crippen LogP contribution in [-0.2, 0) is 38.0 Å². The Kier molecular flexibility index (Phi) is 7.39. The molecule has 5 rings (SSSR count). The van der Waals surface area contributed by atoms with E-state index in [1.807, 2.05) is 0 Å². The number of amides is 1. The molecule has 0 bridgehead atoms. The van der Waals surface area contributed by atoms with Crippen molar-refractivity contribution in [1.29, 1.82) is 0 Å². The molecule has 1 amide bonds. The molecule has 0 unspecified atom stereocenters. The summed E-state index contributed by atoms with van der Waals surface area (Å²) in [4.78, 5) is 14.2. The summed E-state index contributed by atoms with van der Waals surface area (Å²) in [6.45, 7) is 2.26. The summed E-state index contributed by atoms with van der Waals surface area (Å²) in [7, 11) is -3.76. The van der Waals surface area contributed by atoms with E-state index >= 15 is 13.2 Å². The van der Waals surface area contributed by atoms with Crippen molar-refractivity contribution < 1.29 is 44.0 Å². The second kappa shape index (κ2) is 10.4. The Morgan fingerprint density at radius 1 is 1.11 bits per heavy atom. The zero-order chi connectivity index (χ0) is 32.4. The summed E-state index contributed by atoms with van der Waals surface area (Å²) in [5.74, 6) is -6.71. The van der Waals surface area contributed by atoms with E-state index in [4.69, 9.17) is 10.2 Å². The van der Waals surface area contributed by atoms with E-state index in [0.29, 0.717) is 17.8 Å². The second-order valence-electron chi connectivity index (χ2n) is 10.8. The average Bonchev–Trinajstić information content (AvgIpc) is 3.61. The van der Waals surface area contributed by atoms with Crippen molar-refractivity contribution in [3.05, 3.63) is 77.2 Å². The average molecular weight is 643 g/mol. The van der Waals surface area contributed by atoms with Crippen LogP contribution in [0.1, 0.15) is 42.8 Å². The first kappa shape index (κ1) is 31.2. The number of fused-ring (bicyclic) bond motifs is 1. The molecule has 2 N–H and O–H groups in total. The first-order valence-corrected chi connectivity index (χ1v) is 14.7. The van der Waals surface area contributed by atoms with E-state index in [1.165, 1.54) is 38.1 Å². The van der Waals surface area contributed by atoms with Crippen LogP contribution < -0.4 is 10.6 Å². The summed E-state index contributed by atoms with van der Waals surface area (Å²) in [6.07, 6.45) is -3.31. The molecule has 4 aromatic rings. The molecule has 1 aliphatic rings. The Morgan fingerprint density at radius 3 is 2.36 bits per heavy atom. The van der Waals surface area contributed by atoms with Gasteiger partial charge in [-0.25, -0.2) is 26.3 Å². The lowest BCUT2D eigenvalue weighted by Gasteiger charge is -2.25. The number of carbonyl (C=O) groups excluding carboxylic acids is 1. The van der Waals surface area contributed by atoms with E-state index in [9.17, 15) is 26.4 Å². The number of hydrogen-bond donors (Lipinski definition) is 1. The largest absolute Gasteiger partial charge is 0.419 e. The van der Waals surface area contributed by atoms with Gasteiger partial charge >= 0.3 is 6.18 Å². The fourth-order valence-corrected chi connectivity index (χ4v) is 4.88. The lowest BCUT2D eigenvalue weighted by molar-refractivity contribution is -0.137. The number of nitrogens with two attached hydrogens (primary N) is 1. The number of alkyl halides is 5. The minimum absolute atomic E-state index is 0.253. The van der Waals surface area contributed by atoms with Gasteiger partial charge in [0.25, 0.3) is 11.8 Å². The molecule has 234 valence electrons. The van der Waals surface area contributed by atoms with Gasteiger partial charge in [-0.1, -0.05) is 12.1 Å². The summed E-state index contributed by atoms with van der Waals surface area (Å²) in [6, 6.07) is 5.53. The number of rotatable bonds is 6. The van der Waals surface area contributed by atoms with E-state index < -0.39 is 79.1 Å². The standard InChI is InChI=1S/C27H24F6N6O4S/c1-25(2,44(3,41)42)24-37-36-22(43-24)17-8-21-18(9-19(17)28)26(29,30)10-20(34)23(40)38(21)12-14-4-6-16(7-5-14)39-13-15(11-35-39)27(31,32)33/h4-9,11,13,20H,10,12,34H2,1-3H3/t20-/m0/s1. The number of carbonyl (C=O) groups is 1. The van der Waals surface area contributed by atoms with Gasteiger partial charge in [0.05, 0.1) is 41.3 Å². The first-order valence-electron chi connectivity index (χ1n) is 12.8. The van der Waals surface area contributed by atoms with E-state index in [2.05, 4.69) is 15.3 Å². The van der Waals surface area contributed by atoms with Gasteiger partial charge < -0.3 is 15.1 Å². The maximum Gasteiger partial charge on any atom is 0.419 e. The van der Waals surface area contributed by atoms with Gasteiger partial charge in [0.1, 0.15) is 10.6 Å². The number of nitrogens with zero attached hydrogens (tertiary/aromatic N) is 5. The summed E-state index contributed by atoms with van der Waals surface area (Å²) in [5.41, 5.74) is 3.79. The normalized spacial score (nSPS) is 17.5. The predicted octanol–water partition coefficient (Wildman–Crippen LogP) is 4.72. The van der Waals surface area contributed by atoms with Crippen LogP contribution in [0.2, 0.25) is 0 Å². The number of benzene rings is 2. The summed E-state index contributed by atoms with van der Waals surface area (Å²) in [5, 5.41) is 11.1. The van der Waals surface area contributed by atoms with Crippen molar-refractivity contribution >= 4 is 21.4 Å². The van der Waals surface area contributed by atoms with Crippen molar-refractivity contribution in [3.63, 3.8) is 0 Å². The topological polar surface area (TPSA) is 137 Å². The molecule has 3 heterocycles. The second-order valence-corrected chi connectivity index (χ2v) is 13.4. The van der Waals surface area contributed by atoms with Crippen LogP contribution in [0.25, 0.3) is 17.1 Å². The third kappa shape index (κ3) is 5.56. The molecular formula is C27H24F6N6O4S. The fraction of sp³-hybridized carbons (Fsp3) is 0.333. The molecule has 0 aliphatic carbocycles. The molecule has 2 aromatic heterocycles. The Balaban J connectivity index is 1.55. The van der Waals surface area contributed by atoms with E-state index in [-0.39, 0.29) is 18.1 Å². The number of anilines is 1. The number of hydrogen-bond acceptors (Lipinski definition) is 8. The SMILES string of the molecule is CC(C)(c1nnc(-c2cc3c(cc2F)C(F)(F)C[C@H](N)C(=O)N3Cc2ccc(-n3cc(C(F)(F)F)cn3)cc2)o1)S(C)(=O)=O. The highest BCUT2D eigenvalue weighted by atomic mass is 32.2. The molecule has 0 saturated heterocycles. The Morgan fingerprint density at radius 2 is 1.77 bits per heavy atom. The van der Waals surface area contributed by atoms with Crippen molar-refractivity contribution in [2.45, 2.75) is 49.7 Å². The van der Waals surface area contributed by atoms with Gasteiger partial charge in [0.15, 0.2) is 9.84 Å². The lowest BCUT2D eigenvalue weighted by atomic mass is 9.99. The van der Waals surface area contributed by atoms with Crippen molar-refractivity contribution in [1.82, 2.24) is 20.0 Å². The maximum absolute atomic E-state index is 15.3. The molecule has 0 saturated carbocycles. The molecule has 2 aromatic carbocycles. The van der Waals surface area contributed by atoms with Gasteiger partial charge in [-0.15, -0.1) is 10.2 Å². The van der Waals surface area contributed by atoms with Gasteiger partial charge in [0.2, 0.25) is 11.8 Å². The highest BCUT2D eigenvalue weighted by Gasteiger charge is 2.45. The van der Waals surface area contributed by atoms with Gasteiger partial charge in [0, 0.05) is 24.4 Å². The zero-order valence-corrected chi connectivity index (χ0v) is 24.0. The molecule has 0 radical (unpaired) electrons. The maximum atomic E-state index is 15.3. The van der Waals surface area contributed by atoms with Crippen LogP contribution in [0.4, 0.5) is 32.0 Å². The summed E-state index contributed by atoms with van der Waals surface area (Å²) < 4.78 is 114. The van der Waals surface area contributed by atoms with Crippen LogP contribution in [0, 0.1) is 5.82 Å².